The van der Waals surface area contributed by atoms with E-state index in [9.17, 15) is 0 Å². The van der Waals surface area contributed by atoms with Crippen molar-refractivity contribution in [3.63, 3.8) is 0 Å². The van der Waals surface area contributed by atoms with E-state index in [2.05, 4.69) is 36.3 Å². The summed E-state index contributed by atoms with van der Waals surface area (Å²) in [4.78, 5) is 2.07. The number of rotatable bonds is 4. The minimum atomic E-state index is 1.01. The molecule has 72 valence electrons. The minimum absolute atomic E-state index is 1.01. The summed E-state index contributed by atoms with van der Waals surface area (Å²) in [5.74, 6) is 0. The Bertz CT molecular complexity index is 246. The molecule has 1 heteroatoms. The molecule has 0 saturated carbocycles. The molecule has 0 fully saturated rings. The van der Waals surface area contributed by atoms with Crippen LogP contribution in [0.5, 0.6) is 0 Å². The van der Waals surface area contributed by atoms with E-state index in [-0.39, 0.29) is 0 Å². The molecule has 0 aromatic rings. The molecule has 0 N–H and O–H groups in total. The van der Waals surface area contributed by atoms with Crippen molar-refractivity contribution < 1.29 is 0 Å². The zero-order valence-electron chi connectivity index (χ0n) is 9.09. The third-order valence-electron chi connectivity index (χ3n) is 1.54. The van der Waals surface area contributed by atoms with Gasteiger partial charge in [-0.15, -0.1) is 0 Å². The number of hydrogen-bond donors (Lipinski definition) is 0. The van der Waals surface area contributed by atoms with E-state index in [1.165, 1.54) is 5.70 Å². The summed E-state index contributed by atoms with van der Waals surface area (Å²) >= 11 is 0. The van der Waals surface area contributed by atoms with Crippen LogP contribution < -0.4 is 0 Å². The highest BCUT2D eigenvalue weighted by Crippen LogP contribution is 2.00. The van der Waals surface area contributed by atoms with Crippen LogP contribution >= 0.6 is 0 Å². The Morgan fingerprint density at radius 1 is 1.15 bits per heavy atom. The lowest BCUT2D eigenvalue weighted by Gasteiger charge is -2.11. The summed E-state index contributed by atoms with van der Waals surface area (Å²) in [5.41, 5.74) is 7.17. The van der Waals surface area contributed by atoms with Crippen LogP contribution in [0.2, 0.25) is 0 Å². The summed E-state index contributed by atoms with van der Waals surface area (Å²) in [5, 5.41) is 0. The second kappa shape index (κ2) is 7.49. The molecule has 0 atom stereocenters. The zero-order valence-corrected chi connectivity index (χ0v) is 9.09. The van der Waals surface area contributed by atoms with Gasteiger partial charge in [0, 0.05) is 25.9 Å². The van der Waals surface area contributed by atoms with E-state index < -0.39 is 0 Å². The maximum absolute atomic E-state index is 3.01. The first kappa shape index (κ1) is 11.8. The molecule has 0 bridgehead atoms. The zero-order chi connectivity index (χ0) is 10.1. The molecule has 0 heterocycles. The van der Waals surface area contributed by atoms with Crippen molar-refractivity contribution in [2.24, 2.45) is 0 Å². The topological polar surface area (TPSA) is 3.24 Å². The van der Waals surface area contributed by atoms with Crippen LogP contribution in [-0.2, 0) is 0 Å². The van der Waals surface area contributed by atoms with Gasteiger partial charge in [0.25, 0.3) is 0 Å². The first-order valence-electron chi connectivity index (χ1n) is 4.75. The summed E-state index contributed by atoms with van der Waals surface area (Å²) in [6.07, 6.45) is 8.14. The van der Waals surface area contributed by atoms with Crippen molar-refractivity contribution in [2.45, 2.75) is 26.7 Å². The largest absolute Gasteiger partial charge is 0.377 e. The van der Waals surface area contributed by atoms with E-state index in [0.717, 1.165) is 12.8 Å². The first-order valence-corrected chi connectivity index (χ1v) is 4.75. The van der Waals surface area contributed by atoms with Gasteiger partial charge in [-0.05, 0) is 18.9 Å². The molecule has 0 aliphatic carbocycles. The molecule has 0 aromatic heterocycles. The third-order valence-corrected chi connectivity index (χ3v) is 1.54. The Balaban J connectivity index is 4.53. The van der Waals surface area contributed by atoms with Crippen LogP contribution in [0.25, 0.3) is 0 Å². The fourth-order valence-electron chi connectivity index (χ4n) is 0.856. The summed E-state index contributed by atoms with van der Waals surface area (Å²) in [7, 11) is 4.06. The quantitative estimate of drug-likeness (QED) is 0.471. The van der Waals surface area contributed by atoms with Crippen LogP contribution in [0.4, 0.5) is 0 Å². The molecular weight excluding hydrogens is 158 g/mol. The minimum Gasteiger partial charge on any atom is -0.377 e. The van der Waals surface area contributed by atoms with Crippen molar-refractivity contribution in [3.05, 3.63) is 35.4 Å². The highest BCUT2D eigenvalue weighted by Gasteiger charge is 1.90. The van der Waals surface area contributed by atoms with E-state index in [4.69, 9.17) is 0 Å². The van der Waals surface area contributed by atoms with Gasteiger partial charge in [0.05, 0.1) is 0 Å². The number of likely N-dealkylation sites (N-methyl/N-ethyl adjacent to an activating group) is 1. The van der Waals surface area contributed by atoms with Gasteiger partial charge < -0.3 is 4.90 Å². The molecule has 13 heavy (non-hydrogen) atoms. The predicted molar refractivity (Wildman–Crippen MR) is 58.5 cm³/mol. The van der Waals surface area contributed by atoms with Gasteiger partial charge in [0.1, 0.15) is 0 Å². The van der Waals surface area contributed by atoms with Crippen LogP contribution in [0.3, 0.4) is 0 Å². The number of allylic oxidation sites excluding steroid dienone is 3. The molecule has 0 unspecified atom stereocenters. The maximum atomic E-state index is 3.01. The SMILES string of the molecule is CCC=C=C=C/C(=C\CC)N(C)C. The van der Waals surface area contributed by atoms with Crippen LogP contribution in [0, 0.1) is 0 Å². The monoisotopic (exact) mass is 177 g/mol. The highest BCUT2D eigenvalue weighted by atomic mass is 15.1. The van der Waals surface area contributed by atoms with Gasteiger partial charge in [-0.3, -0.25) is 0 Å². The first-order chi connectivity index (χ1) is 6.22. The highest BCUT2D eigenvalue weighted by molar-refractivity contribution is 5.15. The van der Waals surface area contributed by atoms with E-state index in [0.29, 0.717) is 0 Å². The molecule has 0 aromatic carbocycles. The summed E-state index contributed by atoms with van der Waals surface area (Å²) < 4.78 is 0. The molecule has 0 amide bonds. The van der Waals surface area contributed by atoms with Crippen LogP contribution in [0.15, 0.2) is 35.4 Å². The van der Waals surface area contributed by atoms with Gasteiger partial charge in [-0.25, -0.2) is 0 Å². The number of hydrogen-bond acceptors (Lipinski definition) is 1. The van der Waals surface area contributed by atoms with Crippen molar-refractivity contribution in [3.8, 4) is 0 Å². The molecule has 0 aliphatic heterocycles. The van der Waals surface area contributed by atoms with E-state index in [1.54, 1.807) is 0 Å². The fourth-order valence-corrected chi connectivity index (χ4v) is 0.856. The second-order valence-corrected chi connectivity index (χ2v) is 2.98. The molecule has 0 spiro atoms. The van der Waals surface area contributed by atoms with Crippen molar-refractivity contribution in [1.29, 1.82) is 0 Å². The summed E-state index contributed by atoms with van der Waals surface area (Å²) in [6.45, 7) is 4.21. The van der Waals surface area contributed by atoms with E-state index in [1.807, 2.05) is 26.2 Å². The standard InChI is InChI=1S/C12H19N/c1-5-7-8-9-11-12(10-6-2)13(3)4/h7,10-11H,5-6H2,1-4H3/b11-7?,12-10+. The van der Waals surface area contributed by atoms with Crippen LogP contribution in [0.1, 0.15) is 26.7 Å². The maximum Gasteiger partial charge on any atom is 0.0405 e. The predicted octanol–water partition coefficient (Wildman–Crippen LogP) is 3.12. The Morgan fingerprint density at radius 2 is 1.85 bits per heavy atom. The molecular formula is C12H19N. The van der Waals surface area contributed by atoms with Gasteiger partial charge >= 0.3 is 0 Å². The lowest BCUT2D eigenvalue weighted by Crippen LogP contribution is -2.08. The average Bonchev–Trinajstić information content (AvgIpc) is 2.10. The molecule has 0 saturated heterocycles. The second-order valence-electron chi connectivity index (χ2n) is 2.98. The Morgan fingerprint density at radius 3 is 2.31 bits per heavy atom. The molecule has 0 radical (unpaired) electrons. The molecule has 0 rings (SSSR count). The smallest absolute Gasteiger partial charge is 0.0405 e. The van der Waals surface area contributed by atoms with Crippen molar-refractivity contribution in [1.82, 2.24) is 4.90 Å². The number of nitrogens with zero attached hydrogens (tertiary/aromatic N) is 1. The van der Waals surface area contributed by atoms with Crippen LogP contribution in [-0.4, -0.2) is 19.0 Å². The van der Waals surface area contributed by atoms with Crippen molar-refractivity contribution >= 4 is 0 Å². The van der Waals surface area contributed by atoms with Gasteiger partial charge in [-0.2, -0.15) is 0 Å². The third kappa shape index (κ3) is 6.04. The lowest BCUT2D eigenvalue weighted by molar-refractivity contribution is 0.527. The Labute approximate surface area is 81.8 Å². The normalized spacial score (nSPS) is 10.0. The summed E-state index contributed by atoms with van der Waals surface area (Å²) in [6, 6.07) is 0. The lowest BCUT2D eigenvalue weighted by atomic mass is 10.3. The van der Waals surface area contributed by atoms with E-state index >= 15 is 0 Å². The average molecular weight is 177 g/mol. The Kier molecular flexibility index (Phi) is 6.82. The fraction of sp³-hybridized carbons (Fsp3) is 0.500. The van der Waals surface area contributed by atoms with Gasteiger partial charge in [-0.1, -0.05) is 31.4 Å². The van der Waals surface area contributed by atoms with Gasteiger partial charge in [0.15, 0.2) is 0 Å². The molecule has 0 aliphatic rings. The van der Waals surface area contributed by atoms with Gasteiger partial charge in [0.2, 0.25) is 0 Å². The van der Waals surface area contributed by atoms with Crippen molar-refractivity contribution in [2.75, 3.05) is 14.1 Å². The molecule has 1 nitrogen and oxygen atoms in total. The Hall–Kier alpha value is -1.16.